The molecule has 1 fully saturated rings. The Labute approximate surface area is 140 Å². The van der Waals surface area contributed by atoms with Gasteiger partial charge in [-0.25, -0.2) is 4.39 Å². The van der Waals surface area contributed by atoms with Gasteiger partial charge in [0.1, 0.15) is 5.82 Å². The van der Waals surface area contributed by atoms with Gasteiger partial charge in [0.2, 0.25) is 5.91 Å². The van der Waals surface area contributed by atoms with Crippen molar-refractivity contribution in [3.63, 3.8) is 0 Å². The number of hydrogen-bond donors (Lipinski definition) is 1. The number of halogens is 1. The summed E-state index contributed by atoms with van der Waals surface area (Å²) in [4.78, 5) is 26.5. The van der Waals surface area contributed by atoms with Crippen molar-refractivity contribution < 1.29 is 14.0 Å². The van der Waals surface area contributed by atoms with E-state index in [0.717, 1.165) is 12.8 Å². The fraction of sp³-hybridized carbons (Fsp3) is 0.263. The summed E-state index contributed by atoms with van der Waals surface area (Å²) in [5, 5.41) is 2.79. The van der Waals surface area contributed by atoms with Gasteiger partial charge in [0, 0.05) is 18.7 Å². The molecule has 1 aliphatic carbocycles. The number of nitrogens with zero attached hydrogens (tertiary/aromatic N) is 1. The number of amides is 2. The number of para-hydroxylation sites is 1. The molecular formula is C19H19FN2O2. The Bertz CT molecular complexity index is 800. The molecule has 1 N–H and O–H groups in total. The minimum atomic E-state index is -0.347. The molecule has 0 spiro atoms. The van der Waals surface area contributed by atoms with Crippen molar-refractivity contribution in [3.05, 3.63) is 59.4 Å². The maximum absolute atomic E-state index is 13.2. The number of aryl methyl sites for hydroxylation is 1. The van der Waals surface area contributed by atoms with Gasteiger partial charge in [0.15, 0.2) is 0 Å². The quantitative estimate of drug-likeness (QED) is 0.930. The van der Waals surface area contributed by atoms with Crippen LogP contribution in [0.3, 0.4) is 0 Å². The number of anilines is 2. The average Bonchev–Trinajstić information content (AvgIpc) is 3.41. The molecule has 24 heavy (non-hydrogen) atoms. The molecule has 0 aromatic heterocycles. The number of hydrogen-bond acceptors (Lipinski definition) is 2. The van der Waals surface area contributed by atoms with E-state index >= 15 is 0 Å². The van der Waals surface area contributed by atoms with Crippen LogP contribution in [0.2, 0.25) is 0 Å². The van der Waals surface area contributed by atoms with Crippen molar-refractivity contribution in [2.45, 2.75) is 19.8 Å². The monoisotopic (exact) mass is 326 g/mol. The lowest BCUT2D eigenvalue weighted by atomic mass is 10.1. The van der Waals surface area contributed by atoms with E-state index in [1.54, 1.807) is 43.1 Å². The predicted octanol–water partition coefficient (Wildman–Crippen LogP) is 3.76. The second-order valence-electron chi connectivity index (χ2n) is 6.10. The maximum Gasteiger partial charge on any atom is 0.257 e. The predicted molar refractivity (Wildman–Crippen MR) is 91.7 cm³/mol. The van der Waals surface area contributed by atoms with Crippen molar-refractivity contribution in [2.75, 3.05) is 17.3 Å². The van der Waals surface area contributed by atoms with Crippen LogP contribution >= 0.6 is 0 Å². The lowest BCUT2D eigenvalue weighted by Gasteiger charge is -2.20. The zero-order valence-corrected chi connectivity index (χ0v) is 13.7. The fourth-order valence-corrected chi connectivity index (χ4v) is 2.64. The van der Waals surface area contributed by atoms with E-state index in [-0.39, 0.29) is 23.5 Å². The van der Waals surface area contributed by atoms with Gasteiger partial charge in [-0.3, -0.25) is 9.59 Å². The first-order valence-electron chi connectivity index (χ1n) is 7.91. The van der Waals surface area contributed by atoms with E-state index in [9.17, 15) is 14.0 Å². The molecule has 0 saturated heterocycles. The average molecular weight is 326 g/mol. The number of rotatable bonds is 4. The fourth-order valence-electron chi connectivity index (χ4n) is 2.64. The Kier molecular flexibility index (Phi) is 4.34. The third kappa shape index (κ3) is 3.30. The zero-order valence-electron chi connectivity index (χ0n) is 13.7. The third-order valence-electron chi connectivity index (χ3n) is 4.20. The maximum atomic E-state index is 13.2. The van der Waals surface area contributed by atoms with Crippen molar-refractivity contribution in [1.29, 1.82) is 0 Å². The molecule has 0 bridgehead atoms. The van der Waals surface area contributed by atoms with E-state index in [2.05, 4.69) is 5.32 Å². The summed E-state index contributed by atoms with van der Waals surface area (Å²) in [5.41, 5.74) is 2.18. The summed E-state index contributed by atoms with van der Waals surface area (Å²) >= 11 is 0. The number of carbonyl (C=O) groups excluding carboxylic acids is 2. The third-order valence-corrected chi connectivity index (χ3v) is 4.20. The van der Waals surface area contributed by atoms with Crippen molar-refractivity contribution in [3.8, 4) is 0 Å². The van der Waals surface area contributed by atoms with E-state index in [1.807, 2.05) is 0 Å². The number of carbonyl (C=O) groups is 2. The molecule has 2 aromatic rings. The van der Waals surface area contributed by atoms with Crippen LogP contribution < -0.4 is 10.2 Å². The van der Waals surface area contributed by atoms with E-state index in [4.69, 9.17) is 0 Å². The normalized spacial score (nSPS) is 13.5. The van der Waals surface area contributed by atoms with Crippen LogP contribution in [0, 0.1) is 18.7 Å². The van der Waals surface area contributed by atoms with E-state index in [1.165, 1.54) is 18.2 Å². The summed E-state index contributed by atoms with van der Waals surface area (Å²) in [6.07, 6.45) is 1.82. The van der Waals surface area contributed by atoms with Crippen LogP contribution in [0.4, 0.5) is 15.8 Å². The SMILES string of the molecule is Cc1cc(F)ccc1NC(=O)c1ccccc1N(C)C(=O)C1CC1. The number of benzene rings is 2. The molecule has 0 aliphatic heterocycles. The molecule has 2 amide bonds. The van der Waals surface area contributed by atoms with Gasteiger partial charge in [-0.05, 0) is 55.7 Å². The van der Waals surface area contributed by atoms with Crippen molar-refractivity contribution >= 4 is 23.2 Å². The summed E-state index contributed by atoms with van der Waals surface area (Å²) in [5.74, 6) is -0.560. The van der Waals surface area contributed by atoms with Crippen LogP contribution in [0.5, 0.6) is 0 Å². The van der Waals surface area contributed by atoms with Gasteiger partial charge in [-0.2, -0.15) is 0 Å². The molecule has 1 aliphatic rings. The highest BCUT2D eigenvalue weighted by molar-refractivity contribution is 6.11. The summed E-state index contributed by atoms with van der Waals surface area (Å²) < 4.78 is 13.2. The highest BCUT2D eigenvalue weighted by Crippen LogP contribution is 2.33. The molecule has 0 unspecified atom stereocenters. The van der Waals surface area contributed by atoms with Crippen molar-refractivity contribution in [2.24, 2.45) is 5.92 Å². The van der Waals surface area contributed by atoms with Gasteiger partial charge in [-0.1, -0.05) is 12.1 Å². The molecule has 4 nitrogen and oxygen atoms in total. The van der Waals surface area contributed by atoms with Gasteiger partial charge in [0.25, 0.3) is 5.91 Å². The van der Waals surface area contributed by atoms with E-state index in [0.29, 0.717) is 22.5 Å². The highest BCUT2D eigenvalue weighted by Gasteiger charge is 2.33. The topological polar surface area (TPSA) is 49.4 Å². The Balaban J connectivity index is 1.85. The summed E-state index contributed by atoms with van der Waals surface area (Å²) in [6.45, 7) is 1.73. The van der Waals surface area contributed by atoms with Crippen LogP contribution in [0.25, 0.3) is 0 Å². The minimum absolute atomic E-state index is 0.0354. The first kappa shape index (κ1) is 16.2. The molecule has 5 heteroatoms. The summed E-state index contributed by atoms with van der Waals surface area (Å²) in [7, 11) is 1.69. The van der Waals surface area contributed by atoms with Crippen molar-refractivity contribution in [1.82, 2.24) is 0 Å². The molecule has 1 saturated carbocycles. The Hall–Kier alpha value is -2.69. The molecule has 0 radical (unpaired) electrons. The first-order chi connectivity index (χ1) is 11.5. The smallest absolute Gasteiger partial charge is 0.257 e. The minimum Gasteiger partial charge on any atom is -0.322 e. The lowest BCUT2D eigenvalue weighted by Crippen LogP contribution is -2.30. The molecule has 124 valence electrons. The molecule has 2 aromatic carbocycles. The molecule has 0 atom stereocenters. The second-order valence-corrected chi connectivity index (χ2v) is 6.10. The van der Waals surface area contributed by atoms with Crippen LogP contribution in [0.1, 0.15) is 28.8 Å². The van der Waals surface area contributed by atoms with Crippen LogP contribution in [-0.2, 0) is 4.79 Å². The van der Waals surface area contributed by atoms with Crippen LogP contribution in [-0.4, -0.2) is 18.9 Å². The van der Waals surface area contributed by atoms with E-state index < -0.39 is 0 Å². The summed E-state index contributed by atoms with van der Waals surface area (Å²) in [6, 6.07) is 11.2. The second kappa shape index (κ2) is 6.43. The highest BCUT2D eigenvalue weighted by atomic mass is 19.1. The number of nitrogens with one attached hydrogen (secondary N) is 1. The lowest BCUT2D eigenvalue weighted by molar-refractivity contribution is -0.119. The zero-order chi connectivity index (χ0) is 17.3. The molecular weight excluding hydrogens is 307 g/mol. The van der Waals surface area contributed by atoms with Gasteiger partial charge < -0.3 is 10.2 Å². The van der Waals surface area contributed by atoms with Gasteiger partial charge in [0.05, 0.1) is 11.3 Å². The Morgan fingerprint density at radius 3 is 2.54 bits per heavy atom. The molecule has 0 heterocycles. The van der Waals surface area contributed by atoms with Gasteiger partial charge in [-0.15, -0.1) is 0 Å². The molecule has 3 rings (SSSR count). The van der Waals surface area contributed by atoms with Crippen LogP contribution in [0.15, 0.2) is 42.5 Å². The van der Waals surface area contributed by atoms with Gasteiger partial charge >= 0.3 is 0 Å². The first-order valence-corrected chi connectivity index (χ1v) is 7.91. The largest absolute Gasteiger partial charge is 0.322 e. The Morgan fingerprint density at radius 2 is 1.88 bits per heavy atom. The standard InChI is InChI=1S/C19H19FN2O2/c1-12-11-14(20)9-10-16(12)21-18(23)15-5-3-4-6-17(15)22(2)19(24)13-7-8-13/h3-6,9-11,13H,7-8H2,1-2H3,(H,21,23). The Morgan fingerprint density at radius 1 is 1.17 bits per heavy atom.